The van der Waals surface area contributed by atoms with Crippen LogP contribution in [0.15, 0.2) is 23.1 Å². The number of rotatable bonds is 2. The molecule has 0 aliphatic rings. The highest BCUT2D eigenvalue weighted by molar-refractivity contribution is 7.89. The molecule has 0 amide bonds. The van der Waals surface area contributed by atoms with E-state index in [1.54, 1.807) is 0 Å². The fourth-order valence-electron chi connectivity index (χ4n) is 0.688. The van der Waals surface area contributed by atoms with Crippen molar-refractivity contribution < 1.29 is 12.8 Å². The molecule has 1 radical (unpaired) electrons. The van der Waals surface area contributed by atoms with Crippen molar-refractivity contribution in [2.75, 3.05) is 7.05 Å². The highest BCUT2D eigenvalue weighted by Crippen LogP contribution is 2.08. The first-order valence-electron chi connectivity index (χ1n) is 3.17. The summed E-state index contributed by atoms with van der Waals surface area (Å²) in [5.74, 6) is -0.689. The van der Waals surface area contributed by atoms with E-state index >= 15 is 0 Å². The molecule has 12 heavy (non-hydrogen) atoms. The fraction of sp³-hybridized carbons (Fsp3) is 0.143. The van der Waals surface area contributed by atoms with E-state index in [1.165, 1.54) is 19.2 Å². The maximum absolute atomic E-state index is 12.5. The van der Waals surface area contributed by atoms with Gasteiger partial charge in [-0.05, 0) is 19.2 Å². The van der Waals surface area contributed by atoms with Gasteiger partial charge in [-0.3, -0.25) is 0 Å². The van der Waals surface area contributed by atoms with Gasteiger partial charge in [0.15, 0.2) is 0 Å². The molecule has 0 saturated carbocycles. The molecule has 1 aromatic carbocycles. The lowest BCUT2D eigenvalue weighted by molar-refractivity contribution is 0.583. The normalized spacial score (nSPS) is 11.5. The van der Waals surface area contributed by atoms with E-state index in [2.05, 4.69) is 10.8 Å². The van der Waals surface area contributed by atoms with Crippen LogP contribution in [0.1, 0.15) is 0 Å². The molecule has 65 valence electrons. The van der Waals surface area contributed by atoms with Crippen molar-refractivity contribution in [1.82, 2.24) is 4.72 Å². The molecule has 0 aliphatic carbocycles. The summed E-state index contributed by atoms with van der Waals surface area (Å²) in [5, 5.41) is 0. The smallest absolute Gasteiger partial charge is 0.214 e. The van der Waals surface area contributed by atoms with E-state index < -0.39 is 15.8 Å². The second kappa shape index (κ2) is 3.20. The van der Waals surface area contributed by atoms with Crippen molar-refractivity contribution in [2.45, 2.75) is 4.90 Å². The predicted molar refractivity (Wildman–Crippen MR) is 41.5 cm³/mol. The highest BCUT2D eigenvalue weighted by atomic mass is 32.2. The molecule has 0 saturated heterocycles. The average molecular weight is 188 g/mol. The molecule has 0 spiro atoms. The second-order valence-electron chi connectivity index (χ2n) is 2.07. The van der Waals surface area contributed by atoms with Crippen LogP contribution in [-0.2, 0) is 10.0 Å². The number of nitrogens with one attached hydrogen (secondary N) is 1. The summed E-state index contributed by atoms with van der Waals surface area (Å²) in [4.78, 5) is -0.190. The molecule has 1 N–H and O–H groups in total. The van der Waals surface area contributed by atoms with Crippen molar-refractivity contribution in [3.63, 3.8) is 0 Å². The Kier molecular flexibility index (Phi) is 2.44. The minimum Gasteiger partial charge on any atom is -0.214 e. The molecule has 0 bridgehead atoms. The third-order valence-corrected chi connectivity index (χ3v) is 2.65. The van der Waals surface area contributed by atoms with Gasteiger partial charge in [-0.25, -0.2) is 17.5 Å². The van der Waals surface area contributed by atoms with Gasteiger partial charge >= 0.3 is 0 Å². The monoisotopic (exact) mass is 188 g/mol. The number of hydrogen-bond acceptors (Lipinski definition) is 2. The van der Waals surface area contributed by atoms with Gasteiger partial charge in [-0.1, -0.05) is 6.07 Å². The Morgan fingerprint density at radius 1 is 1.50 bits per heavy atom. The van der Waals surface area contributed by atoms with Gasteiger partial charge in [-0.15, -0.1) is 0 Å². The maximum atomic E-state index is 12.5. The first kappa shape index (κ1) is 9.15. The summed E-state index contributed by atoms with van der Waals surface area (Å²) < 4.78 is 36.6. The minimum atomic E-state index is -3.57. The van der Waals surface area contributed by atoms with Crippen LogP contribution in [0.25, 0.3) is 0 Å². The van der Waals surface area contributed by atoms with Gasteiger partial charge in [0.25, 0.3) is 0 Å². The van der Waals surface area contributed by atoms with Gasteiger partial charge in [0.05, 0.1) is 4.90 Å². The summed E-state index contributed by atoms with van der Waals surface area (Å²) in [7, 11) is -2.31. The number of halogens is 1. The quantitative estimate of drug-likeness (QED) is 0.736. The third kappa shape index (κ3) is 1.80. The Hall–Kier alpha value is -0.940. The first-order chi connectivity index (χ1) is 5.56. The minimum absolute atomic E-state index is 0.190. The summed E-state index contributed by atoms with van der Waals surface area (Å²) in [6.07, 6.45) is 0. The molecule has 0 heterocycles. The molecule has 0 aliphatic heterocycles. The van der Waals surface area contributed by atoms with Crippen molar-refractivity contribution in [2.24, 2.45) is 0 Å². The second-order valence-corrected chi connectivity index (χ2v) is 3.93. The van der Waals surface area contributed by atoms with Gasteiger partial charge in [0.2, 0.25) is 10.0 Å². The van der Waals surface area contributed by atoms with E-state index in [-0.39, 0.29) is 4.90 Å². The van der Waals surface area contributed by atoms with Gasteiger partial charge in [-0.2, -0.15) is 0 Å². The van der Waals surface area contributed by atoms with E-state index in [0.29, 0.717) is 0 Å². The Labute approximate surface area is 70.3 Å². The number of sulfonamides is 1. The molecule has 1 rings (SSSR count). The predicted octanol–water partition coefficient (Wildman–Crippen LogP) is 0.534. The zero-order valence-corrected chi connectivity index (χ0v) is 7.15. The lowest BCUT2D eigenvalue weighted by Gasteiger charge is -2.00. The molecule has 1 aromatic rings. The Morgan fingerprint density at radius 2 is 2.17 bits per heavy atom. The topological polar surface area (TPSA) is 46.2 Å². The third-order valence-electron chi connectivity index (χ3n) is 1.29. The van der Waals surface area contributed by atoms with Crippen LogP contribution in [-0.4, -0.2) is 15.5 Å². The molecule has 0 atom stereocenters. The molecular weight excluding hydrogens is 181 g/mol. The molecule has 3 nitrogen and oxygen atoms in total. The molecule has 5 heteroatoms. The summed E-state index contributed by atoms with van der Waals surface area (Å²) in [6, 6.07) is 5.80. The first-order valence-corrected chi connectivity index (χ1v) is 4.66. The van der Waals surface area contributed by atoms with Crippen molar-refractivity contribution in [1.29, 1.82) is 0 Å². The van der Waals surface area contributed by atoms with E-state index in [0.717, 1.165) is 6.07 Å². The number of hydrogen-bond donors (Lipinski definition) is 1. The maximum Gasteiger partial charge on any atom is 0.241 e. The summed E-state index contributed by atoms with van der Waals surface area (Å²) >= 11 is 0. The van der Waals surface area contributed by atoms with Crippen LogP contribution >= 0.6 is 0 Å². The van der Waals surface area contributed by atoms with Crippen LogP contribution in [0.5, 0.6) is 0 Å². The van der Waals surface area contributed by atoms with Gasteiger partial charge < -0.3 is 0 Å². The zero-order valence-electron chi connectivity index (χ0n) is 6.33. The standard InChI is InChI=1S/C7H7FNO2S/c1-9-12(10,11)7-4-2-3-6(8)5-7/h2-4,9H,1H3. The molecular formula is C7H7FNO2S. The molecule has 0 aromatic heterocycles. The van der Waals surface area contributed by atoms with Gasteiger partial charge in [0, 0.05) is 6.07 Å². The molecule has 0 fully saturated rings. The van der Waals surface area contributed by atoms with Crippen LogP contribution in [0, 0.1) is 11.9 Å². The highest BCUT2D eigenvalue weighted by Gasteiger charge is 2.11. The van der Waals surface area contributed by atoms with Crippen LogP contribution in [0.2, 0.25) is 0 Å². The Balaban J connectivity index is 3.21. The number of benzene rings is 1. The van der Waals surface area contributed by atoms with Crippen LogP contribution < -0.4 is 4.72 Å². The van der Waals surface area contributed by atoms with Crippen molar-refractivity contribution >= 4 is 10.0 Å². The largest absolute Gasteiger partial charge is 0.241 e. The molecule has 0 unspecified atom stereocenters. The lowest BCUT2D eigenvalue weighted by Crippen LogP contribution is -2.18. The Morgan fingerprint density at radius 3 is 2.67 bits per heavy atom. The summed E-state index contributed by atoms with van der Waals surface area (Å²) in [6.45, 7) is 0. The lowest BCUT2D eigenvalue weighted by atomic mass is 10.4. The van der Waals surface area contributed by atoms with Crippen molar-refractivity contribution in [3.8, 4) is 0 Å². The van der Waals surface area contributed by atoms with Crippen LogP contribution in [0.3, 0.4) is 0 Å². The van der Waals surface area contributed by atoms with E-state index in [9.17, 15) is 12.8 Å². The van der Waals surface area contributed by atoms with Gasteiger partial charge in [0.1, 0.15) is 5.82 Å². The van der Waals surface area contributed by atoms with Crippen LogP contribution in [0.4, 0.5) is 4.39 Å². The average Bonchev–Trinajstić information content (AvgIpc) is 2.05. The van der Waals surface area contributed by atoms with Crippen molar-refractivity contribution in [3.05, 3.63) is 30.1 Å². The SMILES string of the molecule is CNS(=O)(=O)c1[c]c(F)ccc1. The Bertz CT molecular complexity index is 375. The zero-order chi connectivity index (χ0) is 9.19. The fourth-order valence-corrected chi connectivity index (χ4v) is 1.40. The summed E-state index contributed by atoms with van der Waals surface area (Å²) in [5.41, 5.74) is 0. The van der Waals surface area contributed by atoms with E-state index in [1.807, 2.05) is 0 Å². The van der Waals surface area contributed by atoms with E-state index in [4.69, 9.17) is 0 Å².